The summed E-state index contributed by atoms with van der Waals surface area (Å²) in [5.41, 5.74) is 1.37. The summed E-state index contributed by atoms with van der Waals surface area (Å²) < 4.78 is 1.13. The average molecular weight is 308 g/mol. The van der Waals surface area contributed by atoms with Crippen molar-refractivity contribution in [2.75, 3.05) is 13.1 Å². The molecule has 0 spiro atoms. The zero-order chi connectivity index (χ0) is 9.26. The number of halogens is 2. The van der Waals surface area contributed by atoms with Gasteiger partial charge in [-0.2, -0.15) is 0 Å². The molecule has 0 saturated carbocycles. The van der Waals surface area contributed by atoms with Crippen molar-refractivity contribution in [2.24, 2.45) is 0 Å². The molecule has 0 unspecified atom stereocenters. The molecule has 1 N–H and O–H groups in total. The predicted molar refractivity (Wildman–Crippen MR) is 64.4 cm³/mol. The minimum Gasteiger partial charge on any atom is -0.316 e. The Hall–Kier alpha value is 0.200. The lowest BCUT2D eigenvalue weighted by atomic mass is 9.99. The molecule has 1 aliphatic rings. The molecule has 0 aromatic heterocycles. The van der Waals surface area contributed by atoms with E-state index < -0.39 is 0 Å². The Morgan fingerprint density at radius 1 is 1.46 bits per heavy atom. The zero-order valence-electron chi connectivity index (χ0n) is 7.19. The Balaban J connectivity index is 2.25. The summed E-state index contributed by atoms with van der Waals surface area (Å²) in [7, 11) is 0. The lowest BCUT2D eigenvalue weighted by Gasteiger charge is -2.09. The molecule has 1 aliphatic heterocycles. The van der Waals surface area contributed by atoms with Crippen LogP contribution in [0.25, 0.3) is 0 Å². The third-order valence-corrected chi connectivity index (χ3v) is 4.05. The Kier molecular flexibility index (Phi) is 3.11. The lowest BCUT2D eigenvalue weighted by molar-refractivity contribution is 0.763. The fraction of sp³-hybridized carbons (Fsp3) is 0.400. The summed E-state index contributed by atoms with van der Waals surface area (Å²) in [6.07, 6.45) is 1.23. The van der Waals surface area contributed by atoms with Gasteiger partial charge in [-0.1, -0.05) is 17.7 Å². The summed E-state index contributed by atoms with van der Waals surface area (Å²) in [5, 5.41) is 4.24. The number of hydrogen-bond donors (Lipinski definition) is 1. The SMILES string of the molecule is Clc1cc([C@@H]2CCNC2)ccc1I. The number of benzene rings is 1. The van der Waals surface area contributed by atoms with Crippen LogP contribution in [-0.4, -0.2) is 13.1 Å². The van der Waals surface area contributed by atoms with E-state index in [2.05, 4.69) is 46.1 Å². The quantitative estimate of drug-likeness (QED) is 0.787. The number of rotatable bonds is 1. The normalized spacial score (nSPS) is 22.2. The van der Waals surface area contributed by atoms with Gasteiger partial charge in [0.2, 0.25) is 0 Å². The Bertz CT molecular complexity index is 308. The molecule has 13 heavy (non-hydrogen) atoms. The molecule has 2 rings (SSSR count). The molecule has 0 radical (unpaired) electrons. The highest BCUT2D eigenvalue weighted by molar-refractivity contribution is 14.1. The fourth-order valence-corrected chi connectivity index (χ4v) is 2.23. The Morgan fingerprint density at radius 3 is 2.92 bits per heavy atom. The van der Waals surface area contributed by atoms with E-state index >= 15 is 0 Å². The lowest BCUT2D eigenvalue weighted by Crippen LogP contribution is -2.07. The molecule has 1 nitrogen and oxygen atoms in total. The monoisotopic (exact) mass is 307 g/mol. The van der Waals surface area contributed by atoms with Crippen molar-refractivity contribution >= 4 is 34.2 Å². The first-order valence-corrected chi connectivity index (χ1v) is 5.88. The molecule has 0 amide bonds. The van der Waals surface area contributed by atoms with Crippen molar-refractivity contribution in [1.29, 1.82) is 0 Å². The molecular weight excluding hydrogens is 296 g/mol. The molecule has 1 aromatic rings. The molecule has 70 valence electrons. The largest absolute Gasteiger partial charge is 0.316 e. The van der Waals surface area contributed by atoms with E-state index in [1.165, 1.54) is 12.0 Å². The second-order valence-electron chi connectivity index (χ2n) is 3.36. The van der Waals surface area contributed by atoms with E-state index in [9.17, 15) is 0 Å². The van der Waals surface area contributed by atoms with Crippen molar-refractivity contribution in [3.63, 3.8) is 0 Å². The standard InChI is InChI=1S/C10H11ClIN/c11-9-5-7(1-2-10(9)12)8-3-4-13-6-8/h1-2,5,8,13H,3-4,6H2/t8-/m1/s1. The van der Waals surface area contributed by atoms with Gasteiger partial charge in [0.25, 0.3) is 0 Å². The maximum atomic E-state index is 6.06. The van der Waals surface area contributed by atoms with E-state index in [-0.39, 0.29) is 0 Å². The van der Waals surface area contributed by atoms with Crippen molar-refractivity contribution in [2.45, 2.75) is 12.3 Å². The summed E-state index contributed by atoms with van der Waals surface area (Å²) >= 11 is 8.32. The van der Waals surface area contributed by atoms with Crippen molar-refractivity contribution in [1.82, 2.24) is 5.32 Å². The average Bonchev–Trinajstić information content (AvgIpc) is 2.62. The highest BCUT2D eigenvalue weighted by atomic mass is 127. The first kappa shape index (κ1) is 9.74. The molecule has 1 atom stereocenters. The highest BCUT2D eigenvalue weighted by Crippen LogP contribution is 2.27. The Morgan fingerprint density at radius 2 is 2.31 bits per heavy atom. The summed E-state index contributed by atoms with van der Waals surface area (Å²) in [6.45, 7) is 2.23. The first-order chi connectivity index (χ1) is 6.27. The molecule has 0 bridgehead atoms. The van der Waals surface area contributed by atoms with Crippen LogP contribution in [0.2, 0.25) is 5.02 Å². The van der Waals surface area contributed by atoms with E-state index in [1.807, 2.05) is 0 Å². The smallest absolute Gasteiger partial charge is 0.0542 e. The van der Waals surface area contributed by atoms with Gasteiger partial charge in [0.15, 0.2) is 0 Å². The summed E-state index contributed by atoms with van der Waals surface area (Å²) in [5.74, 6) is 0.662. The molecule has 1 fully saturated rings. The maximum absolute atomic E-state index is 6.06. The van der Waals surface area contributed by atoms with E-state index in [0.717, 1.165) is 21.7 Å². The van der Waals surface area contributed by atoms with Gasteiger partial charge in [0.05, 0.1) is 5.02 Å². The maximum Gasteiger partial charge on any atom is 0.0542 e. The van der Waals surface area contributed by atoms with Gasteiger partial charge in [-0.15, -0.1) is 0 Å². The van der Waals surface area contributed by atoms with Gasteiger partial charge in [-0.3, -0.25) is 0 Å². The van der Waals surface area contributed by atoms with E-state index in [1.54, 1.807) is 0 Å². The van der Waals surface area contributed by atoms with Gasteiger partial charge in [-0.25, -0.2) is 0 Å². The van der Waals surface area contributed by atoms with Gasteiger partial charge >= 0.3 is 0 Å². The highest BCUT2D eigenvalue weighted by Gasteiger charge is 2.16. The number of hydrogen-bond acceptors (Lipinski definition) is 1. The molecule has 1 saturated heterocycles. The van der Waals surface area contributed by atoms with Crippen LogP contribution in [0.5, 0.6) is 0 Å². The van der Waals surface area contributed by atoms with E-state index in [4.69, 9.17) is 11.6 Å². The van der Waals surface area contributed by atoms with Crippen LogP contribution < -0.4 is 5.32 Å². The molecule has 3 heteroatoms. The Labute approximate surface area is 97.0 Å². The van der Waals surface area contributed by atoms with Crippen molar-refractivity contribution in [3.05, 3.63) is 32.4 Å². The van der Waals surface area contributed by atoms with E-state index in [0.29, 0.717) is 5.92 Å². The van der Waals surface area contributed by atoms with Crippen molar-refractivity contribution in [3.8, 4) is 0 Å². The van der Waals surface area contributed by atoms with Crippen molar-refractivity contribution < 1.29 is 0 Å². The van der Waals surface area contributed by atoms with Crippen LogP contribution in [0.3, 0.4) is 0 Å². The van der Waals surface area contributed by atoms with Gasteiger partial charge in [0, 0.05) is 10.1 Å². The molecular formula is C10H11ClIN. The van der Waals surface area contributed by atoms with Crippen LogP contribution in [0.4, 0.5) is 0 Å². The fourth-order valence-electron chi connectivity index (χ4n) is 1.71. The minimum absolute atomic E-state index is 0.662. The van der Waals surface area contributed by atoms with Crippen LogP contribution >= 0.6 is 34.2 Å². The van der Waals surface area contributed by atoms with Crippen LogP contribution in [-0.2, 0) is 0 Å². The first-order valence-electron chi connectivity index (χ1n) is 4.43. The van der Waals surface area contributed by atoms with Gasteiger partial charge in [0.1, 0.15) is 0 Å². The number of nitrogens with one attached hydrogen (secondary N) is 1. The molecule has 1 heterocycles. The predicted octanol–water partition coefficient (Wildman–Crippen LogP) is 3.02. The third kappa shape index (κ3) is 2.17. The van der Waals surface area contributed by atoms with Crippen LogP contribution in [0.1, 0.15) is 17.9 Å². The van der Waals surface area contributed by atoms with Crippen LogP contribution in [0, 0.1) is 3.57 Å². The minimum atomic E-state index is 0.662. The third-order valence-electron chi connectivity index (χ3n) is 2.48. The molecule has 0 aliphatic carbocycles. The van der Waals surface area contributed by atoms with Gasteiger partial charge < -0.3 is 5.32 Å². The molecule has 1 aromatic carbocycles. The zero-order valence-corrected chi connectivity index (χ0v) is 10.1. The summed E-state index contributed by atoms with van der Waals surface area (Å²) in [4.78, 5) is 0. The summed E-state index contributed by atoms with van der Waals surface area (Å²) in [6, 6.07) is 6.38. The van der Waals surface area contributed by atoms with Crippen LogP contribution in [0.15, 0.2) is 18.2 Å². The second kappa shape index (κ2) is 4.15. The van der Waals surface area contributed by atoms with Gasteiger partial charge in [-0.05, 0) is 59.2 Å². The second-order valence-corrected chi connectivity index (χ2v) is 4.93. The topological polar surface area (TPSA) is 12.0 Å².